The van der Waals surface area contributed by atoms with Crippen LogP contribution in [-0.2, 0) is 4.79 Å². The zero-order valence-corrected chi connectivity index (χ0v) is 18.8. The predicted octanol–water partition coefficient (Wildman–Crippen LogP) is 2.52. The molecule has 0 aliphatic carbocycles. The summed E-state index contributed by atoms with van der Waals surface area (Å²) in [6.07, 6.45) is 1.41. The Bertz CT molecular complexity index is 963. The van der Waals surface area contributed by atoms with Crippen LogP contribution in [0.25, 0.3) is 0 Å². The Morgan fingerprint density at radius 2 is 2.00 bits per heavy atom. The number of aliphatic hydroxyl groups excluding tert-OH is 1. The summed E-state index contributed by atoms with van der Waals surface area (Å²) in [5, 5.41) is 17.5. The molecule has 176 valence electrons. The molecule has 3 N–H and O–H groups in total. The van der Waals surface area contributed by atoms with Gasteiger partial charge in [0.05, 0.1) is 5.71 Å². The van der Waals surface area contributed by atoms with Gasteiger partial charge in [-0.25, -0.2) is 5.43 Å². The van der Waals surface area contributed by atoms with Crippen molar-refractivity contribution in [2.45, 2.75) is 19.4 Å². The van der Waals surface area contributed by atoms with Gasteiger partial charge in [0.1, 0.15) is 31.7 Å². The lowest BCUT2D eigenvalue weighted by Crippen LogP contribution is -2.33. The molecule has 0 spiro atoms. The number of benzene rings is 2. The molecule has 8 nitrogen and oxygen atoms in total. The minimum atomic E-state index is -0.679. The van der Waals surface area contributed by atoms with Crippen molar-refractivity contribution in [3.8, 4) is 17.2 Å². The van der Waals surface area contributed by atoms with Gasteiger partial charge in [-0.2, -0.15) is 5.10 Å². The fourth-order valence-corrected chi connectivity index (χ4v) is 3.34. The number of ether oxygens (including phenoxy) is 3. The van der Waals surface area contributed by atoms with Gasteiger partial charge in [-0.1, -0.05) is 43.8 Å². The van der Waals surface area contributed by atoms with Crippen LogP contribution in [0.4, 0.5) is 0 Å². The molecule has 8 heteroatoms. The number of carbonyl (C=O) groups is 1. The lowest BCUT2D eigenvalue weighted by atomic mass is 9.94. The van der Waals surface area contributed by atoms with Gasteiger partial charge in [0.2, 0.25) is 5.91 Å². The summed E-state index contributed by atoms with van der Waals surface area (Å²) in [5.41, 5.74) is 4.31. The first-order valence-electron chi connectivity index (χ1n) is 11.0. The SMILES string of the molecule is C=CCOc1ccccc1OCC(O)CNCCOc1cccc(C2=NNC(=O)CC2C)c1. The Kier molecular flexibility index (Phi) is 9.29. The van der Waals surface area contributed by atoms with Crippen LogP contribution in [0.1, 0.15) is 18.9 Å². The van der Waals surface area contributed by atoms with E-state index < -0.39 is 6.10 Å². The molecule has 0 saturated carbocycles. The fraction of sp³-hybridized carbons (Fsp3) is 0.360. The van der Waals surface area contributed by atoms with Crippen LogP contribution in [0.2, 0.25) is 0 Å². The number of aliphatic hydroxyl groups is 1. The van der Waals surface area contributed by atoms with Crippen molar-refractivity contribution < 1.29 is 24.1 Å². The highest BCUT2D eigenvalue weighted by atomic mass is 16.5. The summed E-state index contributed by atoms with van der Waals surface area (Å²) in [5.74, 6) is 1.91. The van der Waals surface area contributed by atoms with Crippen molar-refractivity contribution in [1.29, 1.82) is 0 Å². The first-order valence-corrected chi connectivity index (χ1v) is 11.0. The second kappa shape index (κ2) is 12.6. The van der Waals surface area contributed by atoms with Gasteiger partial charge in [0.25, 0.3) is 0 Å². The van der Waals surface area contributed by atoms with E-state index in [2.05, 4.69) is 22.4 Å². The van der Waals surface area contributed by atoms with Gasteiger partial charge in [-0.05, 0) is 24.3 Å². The number of hydrogen-bond donors (Lipinski definition) is 3. The van der Waals surface area contributed by atoms with Crippen molar-refractivity contribution in [3.63, 3.8) is 0 Å². The molecule has 0 aromatic heterocycles. The number of hydrogen-bond acceptors (Lipinski definition) is 7. The Morgan fingerprint density at radius 3 is 2.76 bits per heavy atom. The summed E-state index contributed by atoms with van der Waals surface area (Å²) in [6, 6.07) is 15.0. The predicted molar refractivity (Wildman–Crippen MR) is 127 cm³/mol. The summed E-state index contributed by atoms with van der Waals surface area (Å²) in [7, 11) is 0. The highest BCUT2D eigenvalue weighted by Gasteiger charge is 2.21. The molecule has 0 fully saturated rings. The summed E-state index contributed by atoms with van der Waals surface area (Å²) >= 11 is 0. The first kappa shape index (κ1) is 24.3. The summed E-state index contributed by atoms with van der Waals surface area (Å²) in [6.45, 7) is 7.51. The Hall–Kier alpha value is -3.36. The average Bonchev–Trinajstić information content (AvgIpc) is 2.82. The quantitative estimate of drug-likeness (QED) is 0.318. The number of hydrazone groups is 1. The van der Waals surface area contributed by atoms with Gasteiger partial charge in [-0.3, -0.25) is 4.79 Å². The van der Waals surface area contributed by atoms with Crippen LogP contribution in [0.5, 0.6) is 17.2 Å². The molecule has 0 radical (unpaired) electrons. The van der Waals surface area contributed by atoms with Crippen molar-refractivity contribution >= 4 is 11.6 Å². The minimum Gasteiger partial charge on any atom is -0.492 e. The molecule has 3 rings (SSSR count). The lowest BCUT2D eigenvalue weighted by Gasteiger charge is -2.19. The van der Waals surface area contributed by atoms with Crippen molar-refractivity contribution in [2.24, 2.45) is 11.0 Å². The van der Waals surface area contributed by atoms with E-state index in [4.69, 9.17) is 14.2 Å². The first-order chi connectivity index (χ1) is 16.1. The molecule has 1 amide bonds. The van der Waals surface area contributed by atoms with E-state index >= 15 is 0 Å². The van der Waals surface area contributed by atoms with Crippen LogP contribution in [0.15, 0.2) is 66.3 Å². The largest absolute Gasteiger partial charge is 0.492 e. The maximum atomic E-state index is 11.4. The zero-order chi connectivity index (χ0) is 23.5. The molecule has 2 aromatic carbocycles. The monoisotopic (exact) mass is 453 g/mol. The molecular formula is C25H31N3O5. The van der Waals surface area contributed by atoms with Crippen LogP contribution in [0, 0.1) is 5.92 Å². The van der Waals surface area contributed by atoms with E-state index in [1.54, 1.807) is 12.1 Å². The van der Waals surface area contributed by atoms with E-state index in [-0.39, 0.29) is 18.4 Å². The number of para-hydroxylation sites is 2. The topological polar surface area (TPSA) is 101 Å². The average molecular weight is 454 g/mol. The standard InChI is InChI=1S/C25H31N3O5/c1-3-12-32-22-9-4-5-10-23(22)33-17-20(29)16-26-11-13-31-21-8-6-7-19(15-21)25-18(2)14-24(30)27-28-25/h3-10,15,18,20,26,29H,1,11-14,16-17H2,2H3,(H,27,30). The molecule has 2 unspecified atom stereocenters. The highest BCUT2D eigenvalue weighted by Crippen LogP contribution is 2.26. The Balaban J connectivity index is 1.37. The normalized spacial score (nSPS) is 16.4. The molecule has 2 atom stereocenters. The molecule has 0 saturated heterocycles. The van der Waals surface area contributed by atoms with Crippen LogP contribution in [0.3, 0.4) is 0 Å². The minimum absolute atomic E-state index is 0.0555. The van der Waals surface area contributed by atoms with Gasteiger partial charge in [0.15, 0.2) is 11.5 Å². The molecular weight excluding hydrogens is 422 g/mol. The number of amides is 1. The number of rotatable bonds is 13. The third-order valence-corrected chi connectivity index (χ3v) is 4.95. The van der Waals surface area contributed by atoms with Crippen LogP contribution < -0.4 is 25.0 Å². The lowest BCUT2D eigenvalue weighted by molar-refractivity contribution is -0.121. The van der Waals surface area contributed by atoms with Crippen molar-refractivity contribution in [3.05, 3.63) is 66.7 Å². The molecule has 1 aliphatic heterocycles. The van der Waals surface area contributed by atoms with E-state index in [0.717, 1.165) is 17.0 Å². The summed E-state index contributed by atoms with van der Waals surface area (Å²) < 4.78 is 17.1. The molecule has 1 aliphatic rings. The Labute approximate surface area is 194 Å². The second-order valence-corrected chi connectivity index (χ2v) is 7.73. The molecule has 33 heavy (non-hydrogen) atoms. The third kappa shape index (κ3) is 7.62. The maximum Gasteiger partial charge on any atom is 0.240 e. The van der Waals surface area contributed by atoms with E-state index in [0.29, 0.717) is 44.2 Å². The number of carbonyl (C=O) groups excluding carboxylic acids is 1. The highest BCUT2D eigenvalue weighted by molar-refractivity contribution is 6.05. The van der Waals surface area contributed by atoms with E-state index in [1.165, 1.54) is 0 Å². The smallest absolute Gasteiger partial charge is 0.240 e. The molecule has 1 heterocycles. The maximum absolute atomic E-state index is 11.4. The van der Waals surface area contributed by atoms with Crippen LogP contribution >= 0.6 is 0 Å². The fourth-order valence-electron chi connectivity index (χ4n) is 3.34. The third-order valence-electron chi connectivity index (χ3n) is 4.95. The van der Waals surface area contributed by atoms with Gasteiger partial charge in [0, 0.05) is 31.0 Å². The number of nitrogens with zero attached hydrogens (tertiary/aromatic N) is 1. The Morgan fingerprint density at radius 1 is 1.21 bits per heavy atom. The van der Waals surface area contributed by atoms with E-state index in [9.17, 15) is 9.90 Å². The molecule has 0 bridgehead atoms. The second-order valence-electron chi connectivity index (χ2n) is 7.73. The van der Waals surface area contributed by atoms with Gasteiger partial charge in [-0.15, -0.1) is 0 Å². The van der Waals surface area contributed by atoms with Crippen molar-refractivity contribution in [1.82, 2.24) is 10.7 Å². The van der Waals surface area contributed by atoms with Gasteiger partial charge < -0.3 is 24.6 Å². The van der Waals surface area contributed by atoms with E-state index in [1.807, 2.05) is 49.4 Å². The molecule has 2 aromatic rings. The summed E-state index contributed by atoms with van der Waals surface area (Å²) in [4.78, 5) is 11.4. The van der Waals surface area contributed by atoms with Crippen molar-refractivity contribution in [2.75, 3.05) is 32.9 Å². The van der Waals surface area contributed by atoms with Gasteiger partial charge >= 0.3 is 0 Å². The number of nitrogens with one attached hydrogen (secondary N) is 2. The zero-order valence-electron chi connectivity index (χ0n) is 18.8. The van der Waals surface area contributed by atoms with Crippen LogP contribution in [-0.4, -0.2) is 55.7 Å².